The molecule has 0 radical (unpaired) electrons. The molecule has 0 aromatic rings. The van der Waals surface area contributed by atoms with E-state index in [2.05, 4.69) is 0 Å². The molecule has 0 aliphatic heterocycles. The molecular formula is C12H25O4P. The lowest BCUT2D eigenvalue weighted by atomic mass is 10.2. The summed E-state index contributed by atoms with van der Waals surface area (Å²) in [5.74, 6) is 0.0806. The van der Waals surface area contributed by atoms with Crippen LogP contribution in [0.4, 0.5) is 0 Å². The fourth-order valence-electron chi connectivity index (χ4n) is 0.975. The lowest BCUT2D eigenvalue weighted by Gasteiger charge is -2.20. The van der Waals surface area contributed by atoms with E-state index in [1.54, 1.807) is 13.8 Å². The van der Waals surface area contributed by atoms with Gasteiger partial charge in [0.15, 0.2) is 0 Å². The van der Waals surface area contributed by atoms with Gasteiger partial charge in [-0.3, -0.25) is 9.36 Å². The van der Waals surface area contributed by atoms with E-state index in [1.165, 1.54) is 0 Å². The maximum absolute atomic E-state index is 12.4. The van der Waals surface area contributed by atoms with Gasteiger partial charge in [-0.2, -0.15) is 0 Å². The highest BCUT2D eigenvalue weighted by Crippen LogP contribution is 2.51. The molecule has 0 saturated heterocycles. The van der Waals surface area contributed by atoms with Crippen LogP contribution in [0.3, 0.4) is 0 Å². The number of hydrogen-bond donors (Lipinski definition) is 0. The third-order valence-electron chi connectivity index (χ3n) is 1.92. The first-order chi connectivity index (χ1) is 7.69. The van der Waals surface area contributed by atoms with Crippen LogP contribution in [0.25, 0.3) is 0 Å². The topological polar surface area (TPSA) is 52.6 Å². The zero-order valence-electron chi connectivity index (χ0n) is 11.7. The minimum atomic E-state index is -3.61. The second kappa shape index (κ2) is 7.30. The summed E-state index contributed by atoms with van der Waals surface area (Å²) in [6, 6.07) is 0. The van der Waals surface area contributed by atoms with E-state index in [0.717, 1.165) is 0 Å². The number of rotatable bonds is 8. The maximum atomic E-state index is 12.4. The fraction of sp³-hybridized carbons (Fsp3) is 0.917. The van der Waals surface area contributed by atoms with Gasteiger partial charge in [-0.15, -0.1) is 0 Å². The number of carbonyl (C=O) groups excluding carboxylic acids is 1. The molecule has 0 heterocycles. The summed E-state index contributed by atoms with van der Waals surface area (Å²) in [4.78, 5) is 11.9. The van der Waals surface area contributed by atoms with Crippen molar-refractivity contribution < 1.29 is 18.4 Å². The third kappa shape index (κ3) is 6.35. The summed E-state index contributed by atoms with van der Waals surface area (Å²) < 4.78 is 22.9. The van der Waals surface area contributed by atoms with Crippen LogP contribution in [0, 0.1) is 17.8 Å². The second-order valence-electron chi connectivity index (χ2n) is 5.37. The molecule has 0 amide bonds. The Kier molecular flexibility index (Phi) is 7.22. The Morgan fingerprint density at radius 3 is 1.53 bits per heavy atom. The van der Waals surface area contributed by atoms with Crippen LogP contribution in [-0.4, -0.2) is 18.7 Å². The van der Waals surface area contributed by atoms with Crippen molar-refractivity contribution in [1.29, 1.82) is 0 Å². The van der Waals surface area contributed by atoms with Crippen LogP contribution >= 0.6 is 7.60 Å². The first kappa shape index (κ1) is 16.8. The summed E-state index contributed by atoms with van der Waals surface area (Å²) in [5, 5.41) is 0. The molecule has 0 aliphatic rings. The van der Waals surface area contributed by atoms with E-state index in [1.807, 2.05) is 27.7 Å². The lowest BCUT2D eigenvalue weighted by Crippen LogP contribution is -2.16. The minimum absolute atomic E-state index is 0.214. The first-order valence-corrected chi connectivity index (χ1v) is 7.66. The number of hydrogen-bond acceptors (Lipinski definition) is 4. The van der Waals surface area contributed by atoms with Crippen molar-refractivity contribution in [3.05, 3.63) is 0 Å². The van der Waals surface area contributed by atoms with E-state index >= 15 is 0 Å². The average Bonchev–Trinajstić information content (AvgIpc) is 2.22. The van der Waals surface area contributed by atoms with Gasteiger partial charge in [0.1, 0.15) is 0 Å². The van der Waals surface area contributed by atoms with Crippen molar-refractivity contribution in [3.8, 4) is 0 Å². The SMILES string of the molecule is CC(C)COP(=O)(OCC(C)C)C(=O)C(C)C. The molecular weight excluding hydrogens is 239 g/mol. The molecule has 4 nitrogen and oxygen atoms in total. The molecule has 0 aromatic carbocycles. The maximum Gasteiger partial charge on any atom is 0.396 e. The summed E-state index contributed by atoms with van der Waals surface area (Å²) >= 11 is 0. The van der Waals surface area contributed by atoms with Gasteiger partial charge in [-0.25, -0.2) is 0 Å². The van der Waals surface area contributed by atoms with Crippen LogP contribution in [-0.2, 0) is 18.4 Å². The van der Waals surface area contributed by atoms with Crippen LogP contribution in [0.1, 0.15) is 41.5 Å². The molecule has 102 valence electrons. The average molecular weight is 264 g/mol. The van der Waals surface area contributed by atoms with E-state index in [9.17, 15) is 9.36 Å². The van der Waals surface area contributed by atoms with E-state index in [4.69, 9.17) is 9.05 Å². The van der Waals surface area contributed by atoms with Crippen molar-refractivity contribution in [2.24, 2.45) is 17.8 Å². The Morgan fingerprint density at radius 1 is 0.941 bits per heavy atom. The number of carbonyl (C=O) groups is 1. The zero-order valence-corrected chi connectivity index (χ0v) is 12.6. The highest BCUT2D eigenvalue weighted by molar-refractivity contribution is 7.71. The van der Waals surface area contributed by atoms with Gasteiger partial charge in [0.05, 0.1) is 13.2 Å². The Balaban J connectivity index is 4.69. The third-order valence-corrected chi connectivity index (χ3v) is 3.95. The molecule has 0 rings (SSSR count). The highest BCUT2D eigenvalue weighted by Gasteiger charge is 2.36. The van der Waals surface area contributed by atoms with Crippen LogP contribution < -0.4 is 0 Å². The van der Waals surface area contributed by atoms with Crippen LogP contribution in [0.2, 0.25) is 0 Å². The predicted molar refractivity (Wildman–Crippen MR) is 69.0 cm³/mol. The quantitative estimate of drug-likeness (QED) is 0.627. The standard InChI is InChI=1S/C12H25O4P/c1-9(2)7-15-17(14,12(13)11(5)6)16-8-10(3)4/h9-11H,7-8H2,1-6H3. The van der Waals surface area contributed by atoms with E-state index in [-0.39, 0.29) is 31.0 Å². The molecule has 0 bridgehead atoms. The van der Waals surface area contributed by atoms with Crippen molar-refractivity contribution >= 4 is 13.1 Å². The normalized spacial score (nSPS) is 12.8. The molecule has 0 N–H and O–H groups in total. The van der Waals surface area contributed by atoms with Gasteiger partial charge in [0, 0.05) is 5.92 Å². The largest absolute Gasteiger partial charge is 0.396 e. The van der Waals surface area contributed by atoms with Crippen molar-refractivity contribution in [1.82, 2.24) is 0 Å². The molecule has 0 aliphatic carbocycles. The Hall–Kier alpha value is -0.180. The van der Waals surface area contributed by atoms with Gasteiger partial charge in [0.25, 0.3) is 0 Å². The van der Waals surface area contributed by atoms with E-state index in [0.29, 0.717) is 0 Å². The minimum Gasteiger partial charge on any atom is -0.303 e. The molecule has 0 aromatic heterocycles. The Morgan fingerprint density at radius 2 is 1.29 bits per heavy atom. The summed E-state index contributed by atoms with van der Waals surface area (Å²) in [5.41, 5.74) is -0.432. The lowest BCUT2D eigenvalue weighted by molar-refractivity contribution is -0.116. The molecule has 0 saturated carbocycles. The van der Waals surface area contributed by atoms with Gasteiger partial charge < -0.3 is 9.05 Å². The van der Waals surface area contributed by atoms with Crippen LogP contribution in [0.5, 0.6) is 0 Å². The van der Waals surface area contributed by atoms with Gasteiger partial charge >= 0.3 is 7.60 Å². The summed E-state index contributed by atoms with van der Waals surface area (Å²) in [6.45, 7) is 11.7. The van der Waals surface area contributed by atoms with Crippen LogP contribution in [0.15, 0.2) is 0 Å². The summed E-state index contributed by atoms with van der Waals surface area (Å²) in [7, 11) is -3.61. The molecule has 0 fully saturated rings. The molecule has 0 atom stereocenters. The van der Waals surface area contributed by atoms with Gasteiger partial charge in [0.2, 0.25) is 5.52 Å². The molecule has 17 heavy (non-hydrogen) atoms. The van der Waals surface area contributed by atoms with Gasteiger partial charge in [-0.1, -0.05) is 41.5 Å². The monoisotopic (exact) mass is 264 g/mol. The zero-order chi connectivity index (χ0) is 13.6. The van der Waals surface area contributed by atoms with Crippen molar-refractivity contribution in [2.75, 3.05) is 13.2 Å². The predicted octanol–water partition coefficient (Wildman–Crippen LogP) is 3.71. The fourth-order valence-corrected chi connectivity index (χ4v) is 2.93. The smallest absolute Gasteiger partial charge is 0.303 e. The highest BCUT2D eigenvalue weighted by atomic mass is 31.2. The van der Waals surface area contributed by atoms with Crippen molar-refractivity contribution in [3.63, 3.8) is 0 Å². The first-order valence-electron chi connectivity index (χ1n) is 6.12. The second-order valence-corrected chi connectivity index (χ2v) is 7.32. The Bertz CT molecular complexity index is 268. The summed E-state index contributed by atoms with van der Waals surface area (Å²) in [6.07, 6.45) is 0. The molecule has 0 spiro atoms. The van der Waals surface area contributed by atoms with Gasteiger partial charge in [-0.05, 0) is 11.8 Å². The Labute approximate surface area is 105 Å². The van der Waals surface area contributed by atoms with Crippen molar-refractivity contribution in [2.45, 2.75) is 41.5 Å². The van der Waals surface area contributed by atoms with E-state index < -0.39 is 13.1 Å². The molecule has 5 heteroatoms. The molecule has 0 unspecified atom stereocenters.